The van der Waals surface area contributed by atoms with Gasteiger partial charge in [0.1, 0.15) is 11.5 Å². The molecule has 0 saturated heterocycles. The number of hydrogen-bond acceptors (Lipinski definition) is 4. The van der Waals surface area contributed by atoms with Crippen LogP contribution in [0.2, 0.25) is 0 Å². The number of rotatable bonds is 8. The second-order valence-corrected chi connectivity index (χ2v) is 7.65. The van der Waals surface area contributed by atoms with Gasteiger partial charge in [-0.3, -0.25) is 20.4 Å². The smallest absolute Gasteiger partial charge is 0.279 e. The summed E-state index contributed by atoms with van der Waals surface area (Å²) in [6, 6.07) is 10.6. The van der Waals surface area contributed by atoms with E-state index in [2.05, 4.69) is 33.7 Å². The maximum Gasteiger partial charge on any atom is 0.279 e. The molecule has 2 N–H and O–H groups in total. The maximum absolute atomic E-state index is 12.3. The van der Waals surface area contributed by atoms with Crippen molar-refractivity contribution in [1.29, 1.82) is 0 Å². The number of halogens is 1. The summed E-state index contributed by atoms with van der Waals surface area (Å²) in [6.45, 7) is 8.32. The number of carbonyl (C=O) groups is 2. The van der Waals surface area contributed by atoms with Crippen LogP contribution in [0.4, 0.5) is 0 Å². The summed E-state index contributed by atoms with van der Waals surface area (Å²) >= 11 is 3.41. The Hall–Kier alpha value is -2.54. The van der Waals surface area contributed by atoms with E-state index in [9.17, 15) is 9.59 Å². The molecule has 1 unspecified atom stereocenters. The van der Waals surface area contributed by atoms with E-state index in [1.165, 1.54) is 0 Å². The van der Waals surface area contributed by atoms with Crippen LogP contribution in [0.5, 0.6) is 11.5 Å². The predicted octanol–water partition coefficient (Wildman–Crippen LogP) is 4.47. The van der Waals surface area contributed by atoms with E-state index in [4.69, 9.17) is 9.47 Å². The standard InChI is InChI=1S/C22H27BrN2O4/c1-5-6-11-28-20-10-8-17(13-19(20)23)22(27)25-24-21(26)16(4)29-18-9-7-14(2)15(3)12-18/h7-10,12-13,16H,5-6,11H2,1-4H3,(H,24,26)(H,25,27). The monoisotopic (exact) mass is 462 g/mol. The third-order valence-electron chi connectivity index (χ3n) is 4.41. The van der Waals surface area contributed by atoms with Gasteiger partial charge < -0.3 is 9.47 Å². The summed E-state index contributed by atoms with van der Waals surface area (Å²) in [5.41, 5.74) is 7.42. The van der Waals surface area contributed by atoms with E-state index in [0.717, 1.165) is 24.0 Å². The van der Waals surface area contributed by atoms with Gasteiger partial charge in [0.25, 0.3) is 11.8 Å². The molecule has 156 valence electrons. The van der Waals surface area contributed by atoms with E-state index in [1.54, 1.807) is 25.1 Å². The van der Waals surface area contributed by atoms with Gasteiger partial charge in [-0.05, 0) is 84.6 Å². The molecule has 2 aromatic carbocycles. The molecule has 2 amide bonds. The minimum absolute atomic E-state index is 0.391. The van der Waals surface area contributed by atoms with Crippen molar-refractivity contribution in [2.45, 2.75) is 46.6 Å². The van der Waals surface area contributed by atoms with Crippen molar-refractivity contribution < 1.29 is 19.1 Å². The van der Waals surface area contributed by atoms with Crippen molar-refractivity contribution in [3.63, 3.8) is 0 Å². The molecule has 29 heavy (non-hydrogen) atoms. The maximum atomic E-state index is 12.3. The number of nitrogens with one attached hydrogen (secondary N) is 2. The van der Waals surface area contributed by atoms with E-state index in [0.29, 0.717) is 28.1 Å². The van der Waals surface area contributed by atoms with Gasteiger partial charge in [0.2, 0.25) is 0 Å². The number of amides is 2. The highest BCUT2D eigenvalue weighted by molar-refractivity contribution is 9.10. The number of unbranched alkanes of at least 4 members (excludes halogenated alkanes) is 1. The van der Waals surface area contributed by atoms with Crippen LogP contribution in [0.25, 0.3) is 0 Å². The van der Waals surface area contributed by atoms with Crippen LogP contribution in [0.15, 0.2) is 40.9 Å². The Morgan fingerprint density at radius 2 is 1.83 bits per heavy atom. The molecule has 6 nitrogen and oxygen atoms in total. The first-order chi connectivity index (χ1) is 13.8. The van der Waals surface area contributed by atoms with Crippen molar-refractivity contribution in [2.75, 3.05) is 6.61 Å². The molecule has 0 aliphatic carbocycles. The molecule has 0 saturated carbocycles. The molecule has 0 radical (unpaired) electrons. The number of aryl methyl sites for hydroxylation is 2. The molecule has 0 bridgehead atoms. The summed E-state index contributed by atoms with van der Waals surface area (Å²) in [5.74, 6) is 0.395. The normalized spacial score (nSPS) is 11.5. The van der Waals surface area contributed by atoms with Crippen LogP contribution in [-0.2, 0) is 4.79 Å². The zero-order valence-corrected chi connectivity index (χ0v) is 18.8. The summed E-state index contributed by atoms with van der Waals surface area (Å²) in [4.78, 5) is 24.5. The van der Waals surface area contributed by atoms with Crippen molar-refractivity contribution in [1.82, 2.24) is 10.9 Å². The molecule has 0 aliphatic rings. The minimum Gasteiger partial charge on any atom is -0.492 e. The third kappa shape index (κ3) is 6.78. The number of benzene rings is 2. The van der Waals surface area contributed by atoms with Gasteiger partial charge >= 0.3 is 0 Å². The molecule has 0 aliphatic heterocycles. The molecule has 7 heteroatoms. The average molecular weight is 463 g/mol. The number of hydrazine groups is 1. The van der Waals surface area contributed by atoms with Crippen molar-refractivity contribution in [3.05, 3.63) is 57.6 Å². The Morgan fingerprint density at radius 3 is 2.48 bits per heavy atom. The Kier molecular flexibility index (Phi) is 8.51. The molecule has 0 aromatic heterocycles. The van der Waals surface area contributed by atoms with Gasteiger partial charge in [-0.25, -0.2) is 0 Å². The van der Waals surface area contributed by atoms with Gasteiger partial charge in [-0.1, -0.05) is 19.4 Å². The fraction of sp³-hybridized carbons (Fsp3) is 0.364. The predicted molar refractivity (Wildman–Crippen MR) is 116 cm³/mol. The SMILES string of the molecule is CCCCOc1ccc(C(=O)NNC(=O)C(C)Oc2ccc(C)c(C)c2)cc1Br. The van der Waals surface area contributed by atoms with E-state index >= 15 is 0 Å². The second-order valence-electron chi connectivity index (χ2n) is 6.80. The lowest BCUT2D eigenvalue weighted by atomic mass is 10.1. The van der Waals surface area contributed by atoms with Crippen molar-refractivity contribution in [3.8, 4) is 11.5 Å². The van der Waals surface area contributed by atoms with Gasteiger partial charge in [-0.2, -0.15) is 0 Å². The first-order valence-electron chi connectivity index (χ1n) is 9.58. The average Bonchev–Trinajstić information content (AvgIpc) is 2.69. The summed E-state index contributed by atoms with van der Waals surface area (Å²) < 4.78 is 12.0. The van der Waals surface area contributed by atoms with Gasteiger partial charge in [-0.15, -0.1) is 0 Å². The van der Waals surface area contributed by atoms with E-state index in [-0.39, 0.29) is 0 Å². The van der Waals surface area contributed by atoms with Crippen LogP contribution in [0, 0.1) is 13.8 Å². The van der Waals surface area contributed by atoms with E-state index in [1.807, 2.05) is 32.0 Å². The lowest BCUT2D eigenvalue weighted by molar-refractivity contribution is -0.128. The quantitative estimate of drug-likeness (QED) is 0.447. The van der Waals surface area contributed by atoms with Gasteiger partial charge in [0.15, 0.2) is 6.10 Å². The second kappa shape index (κ2) is 10.9. The summed E-state index contributed by atoms with van der Waals surface area (Å²) in [6.07, 6.45) is 1.24. The zero-order chi connectivity index (χ0) is 21.4. The van der Waals surface area contributed by atoms with Crippen LogP contribution in [0.3, 0.4) is 0 Å². The van der Waals surface area contributed by atoms with Crippen LogP contribution < -0.4 is 20.3 Å². The fourth-order valence-corrected chi connectivity index (χ4v) is 2.92. The first kappa shape index (κ1) is 22.7. The lowest BCUT2D eigenvalue weighted by Crippen LogP contribution is -2.47. The minimum atomic E-state index is -0.765. The molecule has 0 spiro atoms. The highest BCUT2D eigenvalue weighted by atomic mass is 79.9. The number of ether oxygens (including phenoxy) is 2. The topological polar surface area (TPSA) is 76.7 Å². The molecule has 2 rings (SSSR count). The lowest BCUT2D eigenvalue weighted by Gasteiger charge is -2.16. The van der Waals surface area contributed by atoms with Gasteiger partial charge in [0, 0.05) is 5.56 Å². The molecule has 0 fully saturated rings. The highest BCUT2D eigenvalue weighted by Gasteiger charge is 2.17. The molecule has 1 atom stereocenters. The van der Waals surface area contributed by atoms with E-state index < -0.39 is 17.9 Å². The van der Waals surface area contributed by atoms with Crippen LogP contribution in [-0.4, -0.2) is 24.5 Å². The van der Waals surface area contributed by atoms with Crippen LogP contribution in [0.1, 0.15) is 48.2 Å². The Morgan fingerprint density at radius 1 is 1.07 bits per heavy atom. The van der Waals surface area contributed by atoms with Gasteiger partial charge in [0.05, 0.1) is 11.1 Å². The fourth-order valence-electron chi connectivity index (χ4n) is 2.42. The Balaban J connectivity index is 1.88. The Labute approximate surface area is 180 Å². The molecule has 2 aromatic rings. The molecule has 0 heterocycles. The molecular formula is C22H27BrN2O4. The number of carbonyl (C=O) groups excluding carboxylic acids is 2. The third-order valence-corrected chi connectivity index (χ3v) is 5.03. The largest absolute Gasteiger partial charge is 0.492 e. The van der Waals surface area contributed by atoms with Crippen LogP contribution >= 0.6 is 15.9 Å². The van der Waals surface area contributed by atoms with Crippen molar-refractivity contribution in [2.24, 2.45) is 0 Å². The Bertz CT molecular complexity index is 870. The first-order valence-corrected chi connectivity index (χ1v) is 10.4. The number of hydrogen-bond donors (Lipinski definition) is 2. The van der Waals surface area contributed by atoms with Crippen molar-refractivity contribution >= 4 is 27.7 Å². The zero-order valence-electron chi connectivity index (χ0n) is 17.2. The summed E-state index contributed by atoms with van der Waals surface area (Å²) in [7, 11) is 0. The summed E-state index contributed by atoms with van der Waals surface area (Å²) in [5, 5.41) is 0. The molecular weight excluding hydrogens is 436 g/mol. The highest BCUT2D eigenvalue weighted by Crippen LogP contribution is 2.26.